The third-order valence-electron chi connectivity index (χ3n) is 2.71. The highest BCUT2D eigenvalue weighted by atomic mass is 16.7. The number of rotatable bonds is 5. The number of ether oxygens (including phenoxy) is 3. The minimum Gasteiger partial charge on any atom is -0.493 e. The zero-order chi connectivity index (χ0) is 13.1. The Balaban J connectivity index is 2.41. The van der Waals surface area contributed by atoms with Crippen LogP contribution in [0.2, 0.25) is 0 Å². The van der Waals surface area contributed by atoms with E-state index in [4.69, 9.17) is 19.9 Å². The van der Waals surface area contributed by atoms with Gasteiger partial charge in [-0.15, -0.1) is 0 Å². The van der Waals surface area contributed by atoms with Crippen molar-refractivity contribution in [3.8, 4) is 17.2 Å². The van der Waals surface area contributed by atoms with Crippen molar-refractivity contribution >= 4 is 5.91 Å². The number of likely N-dealkylation sites (N-methyl/N-ethyl adjacent to an activating group) is 1. The van der Waals surface area contributed by atoms with Crippen LogP contribution in [0.3, 0.4) is 0 Å². The van der Waals surface area contributed by atoms with Gasteiger partial charge in [0.15, 0.2) is 11.5 Å². The van der Waals surface area contributed by atoms with E-state index in [0.29, 0.717) is 29.4 Å². The molecule has 1 heterocycles. The van der Waals surface area contributed by atoms with Gasteiger partial charge in [0.05, 0.1) is 7.11 Å². The molecule has 0 aromatic heterocycles. The van der Waals surface area contributed by atoms with Gasteiger partial charge in [-0.25, -0.2) is 0 Å². The number of carbonyl (C=O) groups is 1. The molecule has 0 spiro atoms. The zero-order valence-electron chi connectivity index (χ0n) is 10.4. The predicted molar refractivity (Wildman–Crippen MR) is 64.7 cm³/mol. The average Bonchev–Trinajstić information content (AvgIpc) is 2.82. The second-order valence-corrected chi connectivity index (χ2v) is 3.85. The molecule has 0 fully saturated rings. The van der Waals surface area contributed by atoms with Gasteiger partial charge in [-0.3, -0.25) is 4.79 Å². The summed E-state index contributed by atoms with van der Waals surface area (Å²) in [4.78, 5) is 11.4. The van der Waals surface area contributed by atoms with Gasteiger partial charge < -0.3 is 25.3 Å². The summed E-state index contributed by atoms with van der Waals surface area (Å²) < 4.78 is 15.8. The van der Waals surface area contributed by atoms with Crippen LogP contribution in [0.4, 0.5) is 0 Å². The number of nitrogens with one attached hydrogen (secondary N) is 1. The van der Waals surface area contributed by atoms with Crippen LogP contribution in [0, 0.1) is 0 Å². The summed E-state index contributed by atoms with van der Waals surface area (Å²) in [6, 6.07) is 2.90. The number of benzene rings is 1. The summed E-state index contributed by atoms with van der Waals surface area (Å²) in [6.07, 6.45) is 0. The lowest BCUT2D eigenvalue weighted by atomic mass is 10.0. The molecule has 18 heavy (non-hydrogen) atoms. The maximum absolute atomic E-state index is 11.4. The Morgan fingerprint density at radius 2 is 2.33 bits per heavy atom. The van der Waals surface area contributed by atoms with E-state index in [9.17, 15) is 4.79 Å². The highest BCUT2D eigenvalue weighted by Crippen LogP contribution is 2.42. The van der Waals surface area contributed by atoms with E-state index in [0.717, 1.165) is 0 Å². The number of carbonyl (C=O) groups excluding carboxylic acids is 1. The fraction of sp³-hybridized carbons (Fsp3) is 0.417. The molecular formula is C12H16N2O4. The van der Waals surface area contributed by atoms with Gasteiger partial charge in [-0.2, -0.15) is 0 Å². The molecule has 1 aliphatic heterocycles. The molecule has 1 aliphatic rings. The van der Waals surface area contributed by atoms with Gasteiger partial charge in [0.2, 0.25) is 18.4 Å². The lowest BCUT2D eigenvalue weighted by Gasteiger charge is -2.16. The molecule has 1 unspecified atom stereocenters. The van der Waals surface area contributed by atoms with Crippen molar-refractivity contribution in [1.82, 2.24) is 5.32 Å². The smallest absolute Gasteiger partial charge is 0.239 e. The third kappa shape index (κ3) is 2.19. The molecule has 2 rings (SSSR count). The van der Waals surface area contributed by atoms with Gasteiger partial charge >= 0.3 is 0 Å². The average molecular weight is 252 g/mol. The SMILES string of the molecule is CCNC(C(N)=O)c1cc(OC)c2c(c1)OCO2. The summed E-state index contributed by atoms with van der Waals surface area (Å²) in [7, 11) is 1.54. The molecule has 1 aromatic carbocycles. The summed E-state index contributed by atoms with van der Waals surface area (Å²) in [5, 5.41) is 3.01. The first-order valence-corrected chi connectivity index (χ1v) is 5.67. The Morgan fingerprint density at radius 1 is 1.56 bits per heavy atom. The van der Waals surface area contributed by atoms with Gasteiger partial charge in [0.25, 0.3) is 0 Å². The standard InChI is InChI=1S/C12H16N2O4/c1-3-14-10(12(13)15)7-4-8(16-2)11-9(5-7)17-6-18-11/h4-5,10,14H,3,6H2,1-2H3,(H2,13,15). The molecule has 0 saturated heterocycles. The van der Waals surface area contributed by atoms with Crippen LogP contribution < -0.4 is 25.3 Å². The number of hydrogen-bond acceptors (Lipinski definition) is 5. The Hall–Kier alpha value is -1.95. The second kappa shape index (κ2) is 5.14. The van der Waals surface area contributed by atoms with Crippen molar-refractivity contribution in [2.75, 3.05) is 20.4 Å². The molecule has 0 saturated carbocycles. The van der Waals surface area contributed by atoms with Crippen LogP contribution in [-0.4, -0.2) is 26.4 Å². The van der Waals surface area contributed by atoms with Crippen LogP contribution in [0.25, 0.3) is 0 Å². The molecule has 1 aromatic rings. The van der Waals surface area contributed by atoms with Crippen molar-refractivity contribution < 1.29 is 19.0 Å². The molecule has 98 valence electrons. The second-order valence-electron chi connectivity index (χ2n) is 3.85. The molecular weight excluding hydrogens is 236 g/mol. The number of fused-ring (bicyclic) bond motifs is 1. The highest BCUT2D eigenvalue weighted by Gasteiger charge is 2.25. The molecule has 0 bridgehead atoms. The van der Waals surface area contributed by atoms with Crippen LogP contribution in [0.5, 0.6) is 17.2 Å². The first kappa shape index (κ1) is 12.5. The van der Waals surface area contributed by atoms with Crippen molar-refractivity contribution in [3.05, 3.63) is 17.7 Å². The van der Waals surface area contributed by atoms with E-state index < -0.39 is 11.9 Å². The van der Waals surface area contributed by atoms with Gasteiger partial charge in [0, 0.05) is 0 Å². The van der Waals surface area contributed by atoms with Crippen LogP contribution in [-0.2, 0) is 4.79 Å². The van der Waals surface area contributed by atoms with Crippen LogP contribution >= 0.6 is 0 Å². The van der Waals surface area contributed by atoms with Crippen molar-refractivity contribution in [2.24, 2.45) is 5.73 Å². The zero-order valence-corrected chi connectivity index (χ0v) is 10.4. The molecule has 1 atom stereocenters. The van der Waals surface area contributed by atoms with Crippen molar-refractivity contribution in [1.29, 1.82) is 0 Å². The fourth-order valence-corrected chi connectivity index (χ4v) is 1.90. The van der Waals surface area contributed by atoms with E-state index in [1.165, 1.54) is 7.11 Å². The quantitative estimate of drug-likeness (QED) is 0.800. The third-order valence-corrected chi connectivity index (χ3v) is 2.71. The Bertz CT molecular complexity index is 462. The van der Waals surface area contributed by atoms with Gasteiger partial charge in [0.1, 0.15) is 6.04 Å². The summed E-state index contributed by atoms with van der Waals surface area (Å²) in [6.45, 7) is 2.68. The molecule has 6 heteroatoms. The Kier molecular flexibility index (Phi) is 3.57. The lowest BCUT2D eigenvalue weighted by molar-refractivity contribution is -0.120. The molecule has 3 N–H and O–H groups in total. The Morgan fingerprint density at radius 3 is 2.94 bits per heavy atom. The maximum atomic E-state index is 11.4. The summed E-state index contributed by atoms with van der Waals surface area (Å²) in [5.74, 6) is 1.20. The molecule has 1 amide bonds. The number of hydrogen-bond donors (Lipinski definition) is 2. The van der Waals surface area contributed by atoms with E-state index in [1.54, 1.807) is 12.1 Å². The minimum atomic E-state index is -0.571. The first-order valence-electron chi connectivity index (χ1n) is 5.67. The summed E-state index contributed by atoms with van der Waals surface area (Å²) in [5.41, 5.74) is 6.08. The summed E-state index contributed by atoms with van der Waals surface area (Å²) >= 11 is 0. The number of amides is 1. The number of primary amides is 1. The van der Waals surface area contributed by atoms with E-state index >= 15 is 0 Å². The van der Waals surface area contributed by atoms with Crippen LogP contribution in [0.15, 0.2) is 12.1 Å². The lowest BCUT2D eigenvalue weighted by Crippen LogP contribution is -2.33. The van der Waals surface area contributed by atoms with Crippen molar-refractivity contribution in [3.63, 3.8) is 0 Å². The fourth-order valence-electron chi connectivity index (χ4n) is 1.90. The first-order chi connectivity index (χ1) is 8.67. The monoisotopic (exact) mass is 252 g/mol. The normalized spacial score (nSPS) is 14.3. The van der Waals surface area contributed by atoms with E-state index in [1.807, 2.05) is 6.92 Å². The van der Waals surface area contributed by atoms with E-state index in [-0.39, 0.29) is 6.79 Å². The minimum absolute atomic E-state index is 0.150. The molecule has 6 nitrogen and oxygen atoms in total. The highest BCUT2D eigenvalue weighted by molar-refractivity contribution is 5.82. The largest absolute Gasteiger partial charge is 0.493 e. The number of nitrogens with two attached hydrogens (primary N) is 1. The van der Waals surface area contributed by atoms with Crippen LogP contribution in [0.1, 0.15) is 18.5 Å². The predicted octanol–water partition coefficient (Wildman–Crippen LogP) is 0.560. The van der Waals surface area contributed by atoms with Gasteiger partial charge in [-0.1, -0.05) is 6.92 Å². The topological polar surface area (TPSA) is 82.8 Å². The van der Waals surface area contributed by atoms with Gasteiger partial charge in [-0.05, 0) is 24.2 Å². The van der Waals surface area contributed by atoms with Crippen molar-refractivity contribution in [2.45, 2.75) is 13.0 Å². The number of methoxy groups -OCH3 is 1. The molecule has 0 aliphatic carbocycles. The Labute approximate surface area is 105 Å². The van der Waals surface area contributed by atoms with E-state index in [2.05, 4.69) is 5.32 Å². The molecule has 0 radical (unpaired) electrons. The maximum Gasteiger partial charge on any atom is 0.239 e.